The van der Waals surface area contributed by atoms with Crippen LogP contribution in [0.25, 0.3) is 22.2 Å². The lowest BCUT2D eigenvalue weighted by Gasteiger charge is -2.22. The van der Waals surface area contributed by atoms with Gasteiger partial charge in [0.15, 0.2) is 0 Å². The first kappa shape index (κ1) is 14.2. The Labute approximate surface area is 134 Å². The van der Waals surface area contributed by atoms with Crippen LogP contribution in [0.2, 0.25) is 0 Å². The van der Waals surface area contributed by atoms with E-state index in [4.69, 9.17) is 5.10 Å². The monoisotopic (exact) mass is 310 g/mol. The van der Waals surface area contributed by atoms with Crippen molar-refractivity contribution >= 4 is 10.9 Å². The highest BCUT2D eigenvalue weighted by Crippen LogP contribution is 2.36. The van der Waals surface area contributed by atoms with Crippen molar-refractivity contribution in [3.63, 3.8) is 0 Å². The van der Waals surface area contributed by atoms with Crippen LogP contribution in [0.15, 0.2) is 42.5 Å². The molecule has 2 aromatic carbocycles. The Morgan fingerprint density at radius 2 is 1.74 bits per heavy atom. The number of hydrogen-bond acceptors (Lipinski definition) is 2. The lowest BCUT2D eigenvalue weighted by atomic mass is 9.95. The van der Waals surface area contributed by atoms with E-state index in [1.54, 1.807) is 18.2 Å². The van der Waals surface area contributed by atoms with Gasteiger partial charge in [-0.1, -0.05) is 31.4 Å². The van der Waals surface area contributed by atoms with Gasteiger partial charge in [-0.2, -0.15) is 5.10 Å². The molecular formula is C19H19FN2O. The zero-order chi connectivity index (χ0) is 15.8. The number of phenolic OH excluding ortho intramolecular Hbond substituents is 1. The fraction of sp³-hybridized carbons (Fsp3) is 0.316. The molecule has 118 valence electrons. The van der Waals surface area contributed by atoms with Gasteiger partial charge in [-0.05, 0) is 43.2 Å². The van der Waals surface area contributed by atoms with Crippen LogP contribution in [0.1, 0.15) is 38.1 Å². The smallest absolute Gasteiger partial charge is 0.149 e. The second-order valence-electron chi connectivity index (χ2n) is 6.27. The summed E-state index contributed by atoms with van der Waals surface area (Å²) >= 11 is 0. The van der Waals surface area contributed by atoms with Crippen molar-refractivity contribution in [1.29, 1.82) is 0 Å². The van der Waals surface area contributed by atoms with Gasteiger partial charge >= 0.3 is 0 Å². The normalized spacial score (nSPS) is 16.0. The first-order chi connectivity index (χ1) is 11.2. The van der Waals surface area contributed by atoms with Crippen LogP contribution in [0, 0.1) is 5.82 Å². The number of hydrogen-bond donors (Lipinski definition) is 1. The van der Waals surface area contributed by atoms with E-state index in [9.17, 15) is 9.50 Å². The van der Waals surface area contributed by atoms with Crippen molar-refractivity contribution in [2.75, 3.05) is 0 Å². The van der Waals surface area contributed by atoms with E-state index in [2.05, 4.69) is 0 Å². The van der Waals surface area contributed by atoms with Crippen LogP contribution in [0.5, 0.6) is 5.75 Å². The number of fused-ring (bicyclic) bond motifs is 1. The molecule has 0 bridgehead atoms. The minimum atomic E-state index is -0.217. The van der Waals surface area contributed by atoms with Crippen molar-refractivity contribution < 1.29 is 9.50 Å². The number of rotatable bonds is 2. The first-order valence-corrected chi connectivity index (χ1v) is 8.20. The summed E-state index contributed by atoms with van der Waals surface area (Å²) in [5, 5.41) is 15.1. The molecule has 1 aliphatic rings. The molecule has 0 spiro atoms. The third kappa shape index (κ3) is 2.48. The summed E-state index contributed by atoms with van der Waals surface area (Å²) in [5.41, 5.74) is 2.28. The molecule has 0 unspecified atom stereocenters. The minimum absolute atomic E-state index is 0.217. The van der Waals surface area contributed by atoms with Crippen molar-refractivity contribution in [2.45, 2.75) is 38.1 Å². The van der Waals surface area contributed by atoms with Crippen molar-refractivity contribution in [3.8, 4) is 17.0 Å². The van der Waals surface area contributed by atoms with Crippen molar-refractivity contribution in [2.24, 2.45) is 0 Å². The number of phenols is 1. The van der Waals surface area contributed by atoms with Crippen LogP contribution in [0.4, 0.5) is 4.39 Å². The maximum absolute atomic E-state index is 14.5. The highest BCUT2D eigenvalue weighted by atomic mass is 19.1. The van der Waals surface area contributed by atoms with E-state index in [1.165, 1.54) is 25.3 Å². The number of aromatic nitrogens is 2. The van der Waals surface area contributed by atoms with E-state index in [-0.39, 0.29) is 17.6 Å². The van der Waals surface area contributed by atoms with E-state index >= 15 is 0 Å². The highest BCUT2D eigenvalue weighted by molar-refractivity contribution is 5.93. The Balaban J connectivity index is 1.91. The Hall–Kier alpha value is -2.36. The van der Waals surface area contributed by atoms with Gasteiger partial charge in [0.05, 0.1) is 6.04 Å². The number of halogens is 1. The summed E-state index contributed by atoms with van der Waals surface area (Å²) in [5.74, 6) is 0.00144. The topological polar surface area (TPSA) is 38.1 Å². The van der Waals surface area contributed by atoms with Gasteiger partial charge in [-0.25, -0.2) is 4.39 Å². The lowest BCUT2D eigenvalue weighted by molar-refractivity contribution is 0.335. The molecule has 1 saturated carbocycles. The van der Waals surface area contributed by atoms with Gasteiger partial charge in [0.1, 0.15) is 22.8 Å². The lowest BCUT2D eigenvalue weighted by Crippen LogP contribution is -2.14. The fourth-order valence-corrected chi connectivity index (χ4v) is 3.57. The average molecular weight is 310 g/mol. The zero-order valence-electron chi connectivity index (χ0n) is 12.9. The maximum atomic E-state index is 14.5. The van der Waals surface area contributed by atoms with Gasteiger partial charge < -0.3 is 5.11 Å². The molecule has 3 nitrogen and oxygen atoms in total. The molecule has 4 heteroatoms. The third-order valence-electron chi connectivity index (χ3n) is 4.74. The second kappa shape index (κ2) is 5.69. The molecule has 0 aliphatic heterocycles. The fourth-order valence-electron chi connectivity index (χ4n) is 3.57. The summed E-state index contributed by atoms with van der Waals surface area (Å²) in [4.78, 5) is 0. The summed E-state index contributed by atoms with van der Waals surface area (Å²) in [7, 11) is 0. The van der Waals surface area contributed by atoms with Gasteiger partial charge in [0.25, 0.3) is 0 Å². The predicted molar refractivity (Wildman–Crippen MR) is 88.9 cm³/mol. The molecular weight excluding hydrogens is 291 g/mol. The molecule has 23 heavy (non-hydrogen) atoms. The molecule has 0 amide bonds. The Bertz CT molecular complexity index is 832. The Kier molecular flexibility index (Phi) is 3.52. The van der Waals surface area contributed by atoms with E-state index in [1.807, 2.05) is 22.9 Å². The molecule has 1 fully saturated rings. The van der Waals surface area contributed by atoms with Crippen LogP contribution in [-0.4, -0.2) is 14.9 Å². The summed E-state index contributed by atoms with van der Waals surface area (Å²) in [6.07, 6.45) is 5.72. The Morgan fingerprint density at radius 1 is 1.00 bits per heavy atom. The largest absolute Gasteiger partial charge is 0.508 e. The second-order valence-corrected chi connectivity index (χ2v) is 6.27. The SMILES string of the molecule is Oc1ccc(-c2nn(C3CCCCC3)c3c(F)cccc23)cc1. The van der Waals surface area contributed by atoms with Gasteiger partial charge in [0, 0.05) is 10.9 Å². The number of aromatic hydroxyl groups is 1. The van der Waals surface area contributed by atoms with Crippen LogP contribution < -0.4 is 0 Å². The quantitative estimate of drug-likeness (QED) is 0.719. The molecule has 1 N–H and O–H groups in total. The molecule has 0 atom stereocenters. The summed E-state index contributed by atoms with van der Waals surface area (Å²) in [6.45, 7) is 0. The van der Waals surface area contributed by atoms with Crippen LogP contribution >= 0.6 is 0 Å². The molecule has 1 aliphatic carbocycles. The molecule has 1 heterocycles. The highest BCUT2D eigenvalue weighted by Gasteiger charge is 2.22. The third-order valence-corrected chi connectivity index (χ3v) is 4.74. The zero-order valence-corrected chi connectivity index (χ0v) is 12.9. The molecule has 0 radical (unpaired) electrons. The van der Waals surface area contributed by atoms with E-state index in [0.29, 0.717) is 5.52 Å². The number of para-hydroxylation sites is 1. The van der Waals surface area contributed by atoms with E-state index in [0.717, 1.165) is 29.5 Å². The van der Waals surface area contributed by atoms with Gasteiger partial charge in [-0.15, -0.1) is 0 Å². The predicted octanol–water partition coefficient (Wildman–Crippen LogP) is 5.05. The Morgan fingerprint density at radius 3 is 2.48 bits per heavy atom. The van der Waals surface area contributed by atoms with Gasteiger partial charge in [-0.3, -0.25) is 4.68 Å². The van der Waals surface area contributed by atoms with Crippen molar-refractivity contribution in [1.82, 2.24) is 9.78 Å². The molecule has 3 aromatic rings. The number of benzene rings is 2. The molecule has 1 aromatic heterocycles. The number of nitrogens with zero attached hydrogens (tertiary/aromatic N) is 2. The summed E-state index contributed by atoms with van der Waals surface area (Å²) in [6, 6.07) is 12.4. The summed E-state index contributed by atoms with van der Waals surface area (Å²) < 4.78 is 16.4. The molecule has 4 rings (SSSR count). The van der Waals surface area contributed by atoms with Gasteiger partial charge in [0.2, 0.25) is 0 Å². The molecule has 0 saturated heterocycles. The average Bonchev–Trinajstić information content (AvgIpc) is 2.97. The standard InChI is InChI=1S/C19H19FN2O/c20-17-8-4-7-16-18(13-9-11-15(23)12-10-13)21-22(19(16)17)14-5-2-1-3-6-14/h4,7-12,14,23H,1-3,5-6H2. The van der Waals surface area contributed by atoms with Crippen LogP contribution in [0.3, 0.4) is 0 Å². The maximum Gasteiger partial charge on any atom is 0.149 e. The van der Waals surface area contributed by atoms with E-state index < -0.39 is 0 Å². The van der Waals surface area contributed by atoms with Crippen LogP contribution in [-0.2, 0) is 0 Å². The minimum Gasteiger partial charge on any atom is -0.508 e. The van der Waals surface area contributed by atoms with Crippen molar-refractivity contribution in [3.05, 3.63) is 48.3 Å². The first-order valence-electron chi connectivity index (χ1n) is 8.20.